The number of nitrogens with zero attached hydrogens (tertiary/aromatic N) is 1. The number of fused-ring (bicyclic) bond motifs is 1. The molecular formula is C15H20N2O4. The second-order valence-corrected chi connectivity index (χ2v) is 4.79. The molecule has 0 bridgehead atoms. The van der Waals surface area contributed by atoms with Gasteiger partial charge in [0.1, 0.15) is 5.75 Å². The summed E-state index contributed by atoms with van der Waals surface area (Å²) in [4.78, 5) is 25.7. The molecule has 114 valence electrons. The lowest BCUT2D eigenvalue weighted by Crippen LogP contribution is -2.50. The molecule has 0 spiro atoms. The summed E-state index contributed by atoms with van der Waals surface area (Å²) in [5.41, 5.74) is 7.44. The van der Waals surface area contributed by atoms with E-state index in [2.05, 4.69) is 0 Å². The minimum Gasteiger partial charge on any atom is -0.495 e. The quantitative estimate of drug-likeness (QED) is 0.657. The molecule has 21 heavy (non-hydrogen) atoms. The summed E-state index contributed by atoms with van der Waals surface area (Å²) in [6, 6.07) is 4.32. The third-order valence-electron chi connectivity index (χ3n) is 3.47. The van der Waals surface area contributed by atoms with Gasteiger partial charge < -0.3 is 20.1 Å². The Morgan fingerprint density at radius 2 is 2.19 bits per heavy atom. The monoisotopic (exact) mass is 292 g/mol. The Labute approximate surface area is 123 Å². The number of ether oxygens (including phenoxy) is 2. The molecule has 1 aromatic carbocycles. The number of esters is 1. The lowest BCUT2D eigenvalue weighted by Gasteiger charge is -2.32. The fourth-order valence-electron chi connectivity index (χ4n) is 2.50. The number of amides is 1. The van der Waals surface area contributed by atoms with Gasteiger partial charge in [-0.2, -0.15) is 0 Å². The van der Waals surface area contributed by atoms with E-state index in [1.807, 2.05) is 12.1 Å². The molecule has 1 unspecified atom stereocenters. The normalized spacial score (nSPS) is 15.1. The van der Waals surface area contributed by atoms with Crippen molar-refractivity contribution in [3.63, 3.8) is 0 Å². The molecule has 0 saturated heterocycles. The second kappa shape index (κ2) is 6.58. The van der Waals surface area contributed by atoms with Gasteiger partial charge in [-0.3, -0.25) is 4.79 Å². The maximum absolute atomic E-state index is 12.5. The summed E-state index contributed by atoms with van der Waals surface area (Å²) in [6.45, 7) is 2.38. The van der Waals surface area contributed by atoms with Crippen molar-refractivity contribution in [2.24, 2.45) is 5.73 Å². The fraction of sp³-hybridized carbons (Fsp3) is 0.467. The van der Waals surface area contributed by atoms with Gasteiger partial charge >= 0.3 is 5.97 Å². The Morgan fingerprint density at radius 3 is 2.86 bits per heavy atom. The lowest BCUT2D eigenvalue weighted by atomic mass is 10.00. The van der Waals surface area contributed by atoms with Crippen LogP contribution in [0.5, 0.6) is 5.75 Å². The Bertz CT molecular complexity index is 530. The average molecular weight is 292 g/mol. The number of carbonyl (C=O) groups is 2. The number of anilines is 1. The number of hydrogen-bond acceptors (Lipinski definition) is 5. The molecule has 6 heteroatoms. The molecule has 0 radical (unpaired) electrons. The predicted molar refractivity (Wildman–Crippen MR) is 78.3 cm³/mol. The molecule has 0 fully saturated rings. The summed E-state index contributed by atoms with van der Waals surface area (Å²) in [7, 11) is 1.55. The van der Waals surface area contributed by atoms with Crippen LogP contribution in [0.1, 0.15) is 18.9 Å². The number of hydrogen-bond donors (Lipinski definition) is 1. The molecule has 1 heterocycles. The Balaban J connectivity index is 2.31. The largest absolute Gasteiger partial charge is 0.495 e. The molecule has 6 nitrogen and oxygen atoms in total. The first-order valence-corrected chi connectivity index (χ1v) is 6.99. The molecule has 1 aliphatic heterocycles. The van der Waals surface area contributed by atoms with Crippen molar-refractivity contribution in [1.82, 2.24) is 0 Å². The maximum atomic E-state index is 12.5. The summed E-state index contributed by atoms with van der Waals surface area (Å²) in [5, 5.41) is 0. The van der Waals surface area contributed by atoms with Crippen molar-refractivity contribution in [3.8, 4) is 5.75 Å². The van der Waals surface area contributed by atoms with Gasteiger partial charge in [0, 0.05) is 6.54 Å². The van der Waals surface area contributed by atoms with E-state index in [1.54, 1.807) is 20.1 Å². The highest BCUT2D eigenvalue weighted by atomic mass is 16.5. The highest BCUT2D eigenvalue weighted by Crippen LogP contribution is 2.36. The van der Waals surface area contributed by atoms with Gasteiger partial charge in [0.05, 0.1) is 19.4 Å². The third-order valence-corrected chi connectivity index (χ3v) is 3.47. The van der Waals surface area contributed by atoms with Crippen LogP contribution in [0.15, 0.2) is 18.2 Å². The van der Waals surface area contributed by atoms with Crippen molar-refractivity contribution in [3.05, 3.63) is 23.8 Å². The van der Waals surface area contributed by atoms with Crippen LogP contribution in [0.2, 0.25) is 0 Å². The van der Waals surface area contributed by atoms with Crippen LogP contribution in [0, 0.1) is 0 Å². The summed E-state index contributed by atoms with van der Waals surface area (Å²) in [5.74, 6) is -0.556. The number of benzene rings is 1. The first-order chi connectivity index (χ1) is 10.1. The molecule has 2 N–H and O–H groups in total. The van der Waals surface area contributed by atoms with Crippen LogP contribution in [-0.2, 0) is 20.7 Å². The Morgan fingerprint density at radius 1 is 1.43 bits per heavy atom. The van der Waals surface area contributed by atoms with Gasteiger partial charge in [0.2, 0.25) is 0 Å². The zero-order chi connectivity index (χ0) is 15.4. The van der Waals surface area contributed by atoms with Crippen LogP contribution in [0.25, 0.3) is 0 Å². The summed E-state index contributed by atoms with van der Waals surface area (Å²) < 4.78 is 10.1. The van der Waals surface area contributed by atoms with Crippen molar-refractivity contribution >= 4 is 17.6 Å². The van der Waals surface area contributed by atoms with E-state index >= 15 is 0 Å². The van der Waals surface area contributed by atoms with Crippen molar-refractivity contribution in [2.45, 2.75) is 25.8 Å². The van der Waals surface area contributed by atoms with E-state index in [0.29, 0.717) is 18.0 Å². The Hall–Kier alpha value is -2.08. The summed E-state index contributed by atoms with van der Waals surface area (Å²) >= 11 is 0. The molecule has 1 amide bonds. The van der Waals surface area contributed by atoms with E-state index in [0.717, 1.165) is 18.4 Å². The van der Waals surface area contributed by atoms with E-state index in [9.17, 15) is 9.59 Å². The van der Waals surface area contributed by atoms with Crippen molar-refractivity contribution in [2.75, 3.05) is 25.2 Å². The van der Waals surface area contributed by atoms with Crippen LogP contribution in [0.4, 0.5) is 5.69 Å². The SMILES string of the molecule is CCOC(=O)C(N)C(=O)N1CCCc2cccc(OC)c21. The molecule has 1 atom stereocenters. The van der Waals surface area contributed by atoms with Crippen LogP contribution < -0.4 is 15.4 Å². The molecule has 1 aromatic rings. The number of nitrogens with two attached hydrogens (primary N) is 1. The van der Waals surface area contributed by atoms with Gasteiger partial charge in [-0.25, -0.2) is 4.79 Å². The first-order valence-electron chi connectivity index (χ1n) is 6.99. The van der Waals surface area contributed by atoms with Crippen LogP contribution >= 0.6 is 0 Å². The molecule has 0 aliphatic carbocycles. The zero-order valence-corrected chi connectivity index (χ0v) is 12.3. The molecule has 2 rings (SSSR count). The number of methoxy groups -OCH3 is 1. The van der Waals surface area contributed by atoms with Crippen LogP contribution in [0.3, 0.4) is 0 Å². The Kier molecular flexibility index (Phi) is 4.80. The van der Waals surface area contributed by atoms with Crippen LogP contribution in [-0.4, -0.2) is 38.2 Å². The fourth-order valence-corrected chi connectivity index (χ4v) is 2.50. The number of aryl methyl sites for hydroxylation is 1. The number of carbonyl (C=O) groups excluding carboxylic acids is 2. The van der Waals surface area contributed by atoms with E-state index < -0.39 is 17.9 Å². The molecular weight excluding hydrogens is 272 g/mol. The van der Waals surface area contributed by atoms with Gasteiger partial charge in [0.15, 0.2) is 6.04 Å². The van der Waals surface area contributed by atoms with Crippen molar-refractivity contribution < 1.29 is 19.1 Å². The van der Waals surface area contributed by atoms with E-state index in [-0.39, 0.29) is 6.61 Å². The van der Waals surface area contributed by atoms with Gasteiger partial charge in [0.25, 0.3) is 5.91 Å². The summed E-state index contributed by atoms with van der Waals surface area (Å²) in [6.07, 6.45) is 1.69. The highest BCUT2D eigenvalue weighted by Gasteiger charge is 2.33. The van der Waals surface area contributed by atoms with Gasteiger partial charge in [-0.15, -0.1) is 0 Å². The lowest BCUT2D eigenvalue weighted by molar-refractivity contribution is -0.147. The first kappa shape index (κ1) is 15.3. The predicted octanol–water partition coefficient (Wildman–Crippen LogP) is 0.865. The standard InChI is InChI=1S/C15H20N2O4/c1-3-21-15(19)12(16)14(18)17-9-5-7-10-6-4-8-11(20-2)13(10)17/h4,6,8,12H,3,5,7,9,16H2,1-2H3. The second-order valence-electron chi connectivity index (χ2n) is 4.79. The molecule has 1 aliphatic rings. The zero-order valence-electron chi connectivity index (χ0n) is 12.3. The highest BCUT2D eigenvalue weighted by molar-refractivity contribution is 6.10. The number of rotatable bonds is 4. The van der Waals surface area contributed by atoms with Crippen molar-refractivity contribution in [1.29, 1.82) is 0 Å². The minimum atomic E-state index is -1.30. The third kappa shape index (κ3) is 3.00. The molecule has 0 aromatic heterocycles. The molecule has 0 saturated carbocycles. The maximum Gasteiger partial charge on any atom is 0.332 e. The van der Waals surface area contributed by atoms with Gasteiger partial charge in [-0.05, 0) is 31.4 Å². The van der Waals surface area contributed by atoms with E-state index in [4.69, 9.17) is 15.2 Å². The minimum absolute atomic E-state index is 0.194. The average Bonchev–Trinajstić information content (AvgIpc) is 2.52. The smallest absolute Gasteiger partial charge is 0.332 e. The topological polar surface area (TPSA) is 81.9 Å². The van der Waals surface area contributed by atoms with Gasteiger partial charge in [-0.1, -0.05) is 12.1 Å². The number of para-hydroxylation sites is 1. The van der Waals surface area contributed by atoms with E-state index in [1.165, 1.54) is 4.90 Å².